The number of para-hydroxylation sites is 1. The third-order valence-corrected chi connectivity index (χ3v) is 5.20. The van der Waals surface area contributed by atoms with Gasteiger partial charge in [0, 0.05) is 23.6 Å². The van der Waals surface area contributed by atoms with Crippen LogP contribution in [0.15, 0.2) is 85.1 Å². The molecule has 0 spiro atoms. The number of hydrogen-bond donors (Lipinski definition) is 1. The maximum Gasteiger partial charge on any atom is 0.306 e. The Labute approximate surface area is 180 Å². The standard InChI is InChI=1S/C26H23NO4/c28-22-15-13-20(14-16-22)26(30)27-17-21(23-10-4-5-11-24(23)27)9-6-12-25(29)31-18-19-7-2-1-3-8-19/h1-5,7-8,10-11,13-17,28H,6,9,12,18H2. The minimum atomic E-state index is -0.229. The van der Waals surface area contributed by atoms with Crippen molar-refractivity contribution in [3.05, 3.63) is 102 Å². The molecule has 5 nitrogen and oxygen atoms in total. The first-order chi connectivity index (χ1) is 15.1. The van der Waals surface area contributed by atoms with Crippen molar-refractivity contribution >= 4 is 22.8 Å². The van der Waals surface area contributed by atoms with Crippen molar-refractivity contribution in [1.82, 2.24) is 4.57 Å². The predicted octanol–water partition coefficient (Wildman–Crippen LogP) is 5.10. The molecule has 0 bridgehead atoms. The van der Waals surface area contributed by atoms with E-state index in [2.05, 4.69) is 0 Å². The minimum Gasteiger partial charge on any atom is -0.508 e. The first-order valence-electron chi connectivity index (χ1n) is 10.2. The van der Waals surface area contributed by atoms with Gasteiger partial charge in [0.2, 0.25) is 0 Å². The highest BCUT2D eigenvalue weighted by Crippen LogP contribution is 2.24. The normalized spacial score (nSPS) is 10.8. The zero-order valence-corrected chi connectivity index (χ0v) is 17.0. The van der Waals surface area contributed by atoms with E-state index in [4.69, 9.17) is 4.74 Å². The summed E-state index contributed by atoms with van der Waals surface area (Å²) in [5.41, 5.74) is 3.29. The van der Waals surface area contributed by atoms with Crippen molar-refractivity contribution in [2.24, 2.45) is 0 Å². The summed E-state index contributed by atoms with van der Waals surface area (Å²) in [6.45, 7) is 0.278. The molecule has 5 heteroatoms. The lowest BCUT2D eigenvalue weighted by molar-refractivity contribution is -0.145. The monoisotopic (exact) mass is 413 g/mol. The third-order valence-electron chi connectivity index (χ3n) is 5.20. The van der Waals surface area contributed by atoms with E-state index in [0.717, 1.165) is 22.0 Å². The molecule has 0 atom stereocenters. The molecule has 0 aliphatic carbocycles. The Morgan fingerprint density at radius 3 is 2.35 bits per heavy atom. The SMILES string of the molecule is O=C(CCCc1cn(C(=O)c2ccc(O)cc2)c2ccccc12)OCc1ccccc1. The number of carbonyl (C=O) groups is 2. The first kappa shape index (κ1) is 20.4. The number of aryl methyl sites for hydroxylation is 1. The van der Waals surface area contributed by atoms with Crippen molar-refractivity contribution in [1.29, 1.82) is 0 Å². The molecule has 0 aliphatic heterocycles. The molecule has 1 heterocycles. The van der Waals surface area contributed by atoms with E-state index in [1.165, 1.54) is 12.1 Å². The fraction of sp³-hybridized carbons (Fsp3) is 0.154. The summed E-state index contributed by atoms with van der Waals surface area (Å²) in [6, 6.07) is 23.5. The lowest BCUT2D eigenvalue weighted by atomic mass is 10.1. The Morgan fingerprint density at radius 2 is 1.58 bits per heavy atom. The highest BCUT2D eigenvalue weighted by atomic mass is 16.5. The average molecular weight is 413 g/mol. The van der Waals surface area contributed by atoms with Gasteiger partial charge < -0.3 is 9.84 Å². The van der Waals surface area contributed by atoms with Gasteiger partial charge in [-0.3, -0.25) is 14.2 Å². The zero-order valence-electron chi connectivity index (χ0n) is 17.0. The van der Waals surface area contributed by atoms with Gasteiger partial charge in [0.1, 0.15) is 12.4 Å². The molecule has 4 rings (SSSR count). The van der Waals surface area contributed by atoms with Crippen molar-refractivity contribution < 1.29 is 19.4 Å². The zero-order chi connectivity index (χ0) is 21.6. The molecule has 0 radical (unpaired) electrons. The van der Waals surface area contributed by atoms with Crippen LogP contribution in [-0.4, -0.2) is 21.6 Å². The Bertz CT molecular complexity index is 1190. The van der Waals surface area contributed by atoms with Crippen LogP contribution in [0, 0.1) is 0 Å². The van der Waals surface area contributed by atoms with E-state index in [9.17, 15) is 14.7 Å². The molecule has 0 amide bonds. The number of rotatable bonds is 7. The lowest BCUT2D eigenvalue weighted by Gasteiger charge is -2.05. The van der Waals surface area contributed by atoms with E-state index in [1.807, 2.05) is 60.8 Å². The summed E-state index contributed by atoms with van der Waals surface area (Å²) in [6.07, 6.45) is 3.46. The summed E-state index contributed by atoms with van der Waals surface area (Å²) in [7, 11) is 0. The van der Waals surface area contributed by atoms with Gasteiger partial charge in [0.25, 0.3) is 5.91 Å². The summed E-state index contributed by atoms with van der Waals surface area (Å²) in [4.78, 5) is 25.1. The number of nitrogens with zero attached hydrogens (tertiary/aromatic N) is 1. The molecule has 0 fully saturated rings. The number of fused-ring (bicyclic) bond motifs is 1. The Morgan fingerprint density at radius 1 is 0.871 bits per heavy atom. The first-order valence-corrected chi connectivity index (χ1v) is 10.2. The number of esters is 1. The van der Waals surface area contributed by atoms with E-state index in [1.54, 1.807) is 16.7 Å². The van der Waals surface area contributed by atoms with Crippen molar-refractivity contribution in [3.63, 3.8) is 0 Å². The second-order valence-electron chi connectivity index (χ2n) is 7.39. The van der Waals surface area contributed by atoms with Gasteiger partial charge >= 0.3 is 5.97 Å². The third kappa shape index (κ3) is 4.83. The Kier molecular flexibility index (Phi) is 6.13. The molecule has 3 aromatic carbocycles. The fourth-order valence-electron chi connectivity index (χ4n) is 3.59. The highest BCUT2D eigenvalue weighted by Gasteiger charge is 2.15. The predicted molar refractivity (Wildman–Crippen MR) is 119 cm³/mol. The summed E-state index contributed by atoms with van der Waals surface area (Å²) >= 11 is 0. The van der Waals surface area contributed by atoms with Gasteiger partial charge in [-0.15, -0.1) is 0 Å². The minimum absolute atomic E-state index is 0.119. The second-order valence-corrected chi connectivity index (χ2v) is 7.39. The van der Waals surface area contributed by atoms with E-state index in [0.29, 0.717) is 24.8 Å². The molecular formula is C26H23NO4. The molecule has 0 saturated heterocycles. The summed E-state index contributed by atoms with van der Waals surface area (Å²) < 4.78 is 6.98. The van der Waals surface area contributed by atoms with Crippen LogP contribution >= 0.6 is 0 Å². The van der Waals surface area contributed by atoms with E-state index >= 15 is 0 Å². The summed E-state index contributed by atoms with van der Waals surface area (Å²) in [5, 5.41) is 10.5. The smallest absolute Gasteiger partial charge is 0.306 e. The molecule has 0 saturated carbocycles. The number of carbonyl (C=O) groups excluding carboxylic acids is 2. The number of ether oxygens (including phenoxy) is 1. The number of hydrogen-bond acceptors (Lipinski definition) is 4. The molecule has 4 aromatic rings. The molecule has 31 heavy (non-hydrogen) atoms. The molecule has 1 aromatic heterocycles. The Hall–Kier alpha value is -3.86. The second kappa shape index (κ2) is 9.30. The maximum atomic E-state index is 13.0. The van der Waals surface area contributed by atoms with Gasteiger partial charge in [0.15, 0.2) is 0 Å². The van der Waals surface area contributed by atoms with Gasteiger partial charge in [-0.05, 0) is 54.3 Å². The van der Waals surface area contributed by atoms with Crippen LogP contribution in [-0.2, 0) is 22.6 Å². The van der Waals surface area contributed by atoms with Crippen molar-refractivity contribution in [2.45, 2.75) is 25.9 Å². The number of aromatic hydroxyl groups is 1. The lowest BCUT2D eigenvalue weighted by Crippen LogP contribution is -2.10. The van der Waals surface area contributed by atoms with Gasteiger partial charge in [-0.1, -0.05) is 48.5 Å². The van der Waals surface area contributed by atoms with E-state index in [-0.39, 0.29) is 24.2 Å². The average Bonchev–Trinajstić information content (AvgIpc) is 3.17. The molecule has 0 aliphatic rings. The fourth-order valence-corrected chi connectivity index (χ4v) is 3.59. The van der Waals surface area contributed by atoms with Crippen molar-refractivity contribution in [2.75, 3.05) is 0 Å². The highest BCUT2D eigenvalue weighted by molar-refractivity contribution is 6.03. The van der Waals surface area contributed by atoms with Crippen molar-refractivity contribution in [3.8, 4) is 5.75 Å². The quantitative estimate of drug-likeness (QED) is 0.428. The van der Waals surface area contributed by atoms with Gasteiger partial charge in [-0.25, -0.2) is 0 Å². The van der Waals surface area contributed by atoms with Crippen LogP contribution in [0.2, 0.25) is 0 Å². The number of phenols is 1. The summed E-state index contributed by atoms with van der Waals surface area (Å²) in [5.74, 6) is -0.272. The number of aromatic nitrogens is 1. The molecular weight excluding hydrogens is 390 g/mol. The van der Waals surface area contributed by atoms with Crippen LogP contribution in [0.1, 0.15) is 34.3 Å². The molecule has 156 valence electrons. The molecule has 0 unspecified atom stereocenters. The van der Waals surface area contributed by atoms with Crippen LogP contribution in [0.3, 0.4) is 0 Å². The largest absolute Gasteiger partial charge is 0.508 e. The molecule has 1 N–H and O–H groups in total. The van der Waals surface area contributed by atoms with Gasteiger partial charge in [0.05, 0.1) is 5.52 Å². The maximum absolute atomic E-state index is 13.0. The number of benzene rings is 3. The van der Waals surface area contributed by atoms with Crippen LogP contribution < -0.4 is 0 Å². The van der Waals surface area contributed by atoms with Crippen LogP contribution in [0.25, 0.3) is 10.9 Å². The van der Waals surface area contributed by atoms with Gasteiger partial charge in [-0.2, -0.15) is 0 Å². The topological polar surface area (TPSA) is 68.5 Å². The van der Waals surface area contributed by atoms with Crippen LogP contribution in [0.5, 0.6) is 5.75 Å². The van der Waals surface area contributed by atoms with E-state index < -0.39 is 0 Å². The van der Waals surface area contributed by atoms with Crippen LogP contribution in [0.4, 0.5) is 0 Å². The number of phenolic OH excluding ortho intramolecular Hbond substituents is 1. The Balaban J connectivity index is 1.43.